The first kappa shape index (κ1) is 58.6. The number of carboxylic acid groups (broad SMARTS) is 6. The quantitative estimate of drug-likeness (QED) is 0.122. The van der Waals surface area contributed by atoms with Gasteiger partial charge in [0.25, 0.3) is 0 Å². The van der Waals surface area contributed by atoms with Crippen LogP contribution in [0.1, 0.15) is 57.8 Å². The molecule has 0 amide bonds. The van der Waals surface area contributed by atoms with Crippen LogP contribution >= 0.6 is 0 Å². The van der Waals surface area contributed by atoms with Crippen molar-refractivity contribution in [1.82, 2.24) is 0 Å². The zero-order valence-corrected chi connectivity index (χ0v) is 22.1. The normalized spacial score (nSPS) is 7.27. The molecule has 0 unspecified atom stereocenters. The van der Waals surface area contributed by atoms with E-state index < -0.39 is 35.8 Å². The summed E-state index contributed by atoms with van der Waals surface area (Å²) in [6, 6.07) is 0. The molecule has 18 heteroatoms. The molecule has 16 nitrogen and oxygen atoms in total. The van der Waals surface area contributed by atoms with E-state index in [4.69, 9.17) is 30.6 Å². The fraction of sp³-hybridized carbons (Fsp3) is 0.600. The van der Waals surface area contributed by atoms with Crippen molar-refractivity contribution in [3.63, 3.8) is 0 Å². The summed E-state index contributed by atoms with van der Waals surface area (Å²) < 4.78 is 0. The molecule has 0 aliphatic carbocycles. The maximum Gasteiger partial charge on any atom is 0.303 e. The molecule has 0 aliphatic rings. The minimum atomic E-state index is -0.948. The van der Waals surface area contributed by atoms with E-state index in [2.05, 4.69) is 0 Å². The summed E-state index contributed by atoms with van der Waals surface area (Å²) in [5, 5.41) is 48.2. The minimum Gasteiger partial charge on any atom is -0.481 e. The van der Waals surface area contributed by atoms with Crippen LogP contribution in [-0.2, 0) is 28.8 Å². The van der Waals surface area contributed by atoms with Gasteiger partial charge in [0.2, 0.25) is 0 Å². The van der Waals surface area contributed by atoms with Crippen molar-refractivity contribution >= 4 is 35.8 Å². The number of carbonyl (C=O) groups is 6. The fourth-order valence-electron chi connectivity index (χ4n) is 1.17. The van der Waals surface area contributed by atoms with Crippen LogP contribution in [0.4, 0.5) is 0 Å². The number of carboxylic acids is 6. The van der Waals surface area contributed by atoms with Crippen LogP contribution in [0.3, 0.4) is 0 Å². The van der Waals surface area contributed by atoms with E-state index in [1.54, 1.807) is 0 Å². The Morgan fingerprint density at radius 2 is 0.424 bits per heavy atom. The Morgan fingerprint density at radius 3 is 0.485 bits per heavy atom. The van der Waals surface area contributed by atoms with Crippen LogP contribution in [0.25, 0.3) is 0 Å². The van der Waals surface area contributed by atoms with E-state index in [0.717, 1.165) is 0 Å². The van der Waals surface area contributed by atoms with Crippen molar-refractivity contribution in [1.29, 1.82) is 0 Å². The molecule has 0 aromatic carbocycles. The standard InChI is InChI=1S/3C5H8O4.2Eu.4H2O/c3*6-4(7)2-1-3-5(8)9;;;;;;/h3*1-3H2,(H,6,7)(H,8,9);;;4*1H2. The first-order chi connectivity index (χ1) is 12.4. The second-order valence-electron chi connectivity index (χ2n) is 4.92. The fourth-order valence-corrected chi connectivity index (χ4v) is 1.17. The van der Waals surface area contributed by atoms with Crippen LogP contribution < -0.4 is 0 Å². The van der Waals surface area contributed by atoms with E-state index in [1.807, 2.05) is 0 Å². The predicted octanol–water partition coefficient (Wildman–Crippen LogP) is -2.32. The molecule has 0 atom stereocenters. The topological polar surface area (TPSA) is 350 Å². The Labute approximate surface area is 270 Å². The number of hydrogen-bond donors (Lipinski definition) is 6. The van der Waals surface area contributed by atoms with Gasteiger partial charge < -0.3 is 52.5 Å². The maximum absolute atomic E-state index is 9.79. The van der Waals surface area contributed by atoms with Gasteiger partial charge in [0.05, 0.1) is 0 Å². The van der Waals surface area contributed by atoms with Crippen LogP contribution in [0.5, 0.6) is 0 Å². The van der Waals surface area contributed by atoms with Gasteiger partial charge >= 0.3 is 35.8 Å². The molecule has 0 aromatic heterocycles. The van der Waals surface area contributed by atoms with E-state index in [1.165, 1.54) is 0 Å². The summed E-state index contributed by atoms with van der Waals surface area (Å²) >= 11 is 0. The number of rotatable bonds is 12. The van der Waals surface area contributed by atoms with Gasteiger partial charge in [-0.15, -0.1) is 0 Å². The molecule has 0 saturated carbocycles. The summed E-state index contributed by atoms with van der Waals surface area (Å²) in [6.07, 6.45) is 0.260. The van der Waals surface area contributed by atoms with Gasteiger partial charge in [-0.2, -0.15) is 0 Å². The Morgan fingerprint density at radius 1 is 0.333 bits per heavy atom. The summed E-state index contributed by atoms with van der Waals surface area (Å²) in [7, 11) is 0. The van der Waals surface area contributed by atoms with Crippen molar-refractivity contribution in [2.45, 2.75) is 57.8 Å². The Bertz CT molecular complexity index is 399. The number of aliphatic carboxylic acids is 6. The van der Waals surface area contributed by atoms with Crippen molar-refractivity contribution in [3.8, 4) is 0 Å². The molecule has 0 fully saturated rings. The maximum atomic E-state index is 9.79. The third-order valence-corrected chi connectivity index (χ3v) is 2.34. The van der Waals surface area contributed by atoms with Gasteiger partial charge in [-0.05, 0) is 19.3 Å². The van der Waals surface area contributed by atoms with Gasteiger partial charge in [-0.1, -0.05) is 0 Å². The van der Waals surface area contributed by atoms with Crippen LogP contribution in [-0.4, -0.2) is 88.4 Å². The summed E-state index contributed by atoms with van der Waals surface area (Å²) in [5.41, 5.74) is 0. The zero-order chi connectivity index (χ0) is 21.8. The molecule has 33 heavy (non-hydrogen) atoms. The smallest absolute Gasteiger partial charge is 0.303 e. The molecule has 202 valence electrons. The summed E-state index contributed by atoms with van der Waals surface area (Å²) in [6.45, 7) is 0. The largest absolute Gasteiger partial charge is 0.481 e. The second-order valence-corrected chi connectivity index (χ2v) is 4.92. The minimum absolute atomic E-state index is 0. The number of hydrogen-bond acceptors (Lipinski definition) is 6. The SMILES string of the molecule is O.O.O.O.O=C(O)CCCC(=O)O.O=C(O)CCCC(=O)O.O=C(O)CCCC(=O)O.[Eu].[Eu]. The predicted molar refractivity (Wildman–Crippen MR) is 102 cm³/mol. The van der Waals surface area contributed by atoms with Crippen molar-refractivity contribution in [2.75, 3.05) is 0 Å². The van der Waals surface area contributed by atoms with Gasteiger partial charge in [-0.25, -0.2) is 0 Å². The summed E-state index contributed by atoms with van der Waals surface area (Å²) in [5.74, 6) is -5.69. The molecule has 0 saturated heterocycles. The summed E-state index contributed by atoms with van der Waals surface area (Å²) in [4.78, 5) is 58.7. The molecule has 0 aliphatic heterocycles. The molecule has 0 spiro atoms. The van der Waals surface area contributed by atoms with Crippen molar-refractivity contribution in [2.24, 2.45) is 0 Å². The Kier molecular flexibility index (Phi) is 74.6. The molecule has 0 rings (SSSR count). The van der Waals surface area contributed by atoms with Crippen LogP contribution in [0.15, 0.2) is 0 Å². The van der Waals surface area contributed by atoms with Crippen molar-refractivity contribution < 1.29 is 180 Å². The molecular weight excluding hydrogens is 740 g/mol. The third-order valence-electron chi connectivity index (χ3n) is 2.34. The molecule has 0 heterocycles. The van der Waals surface area contributed by atoms with E-state index in [-0.39, 0.29) is 178 Å². The average molecular weight is 772 g/mol. The van der Waals surface area contributed by atoms with Gasteiger partial charge in [0.1, 0.15) is 0 Å². The van der Waals surface area contributed by atoms with Crippen molar-refractivity contribution in [3.05, 3.63) is 0 Å². The van der Waals surface area contributed by atoms with Gasteiger partial charge in [0, 0.05) is 137 Å². The van der Waals surface area contributed by atoms with Crippen LogP contribution in [0, 0.1) is 98.8 Å². The molecular formula is C15H32Eu2O16. The molecule has 0 aromatic rings. The Hall–Kier alpha value is -0.171. The second kappa shape index (κ2) is 42.0. The van der Waals surface area contributed by atoms with E-state index >= 15 is 0 Å². The average Bonchev–Trinajstić information content (AvgIpc) is 2.46. The van der Waals surface area contributed by atoms with Gasteiger partial charge in [-0.3, -0.25) is 28.8 Å². The monoisotopic (exact) mass is 774 g/mol. The first-order valence-electron chi connectivity index (χ1n) is 7.69. The third kappa shape index (κ3) is 89.1. The molecule has 2 radical (unpaired) electrons. The van der Waals surface area contributed by atoms with E-state index in [0.29, 0.717) is 0 Å². The molecule has 14 N–H and O–H groups in total. The van der Waals surface area contributed by atoms with Crippen LogP contribution in [0.2, 0.25) is 0 Å². The Balaban J connectivity index is -0.0000000343. The van der Waals surface area contributed by atoms with E-state index in [9.17, 15) is 28.8 Å². The van der Waals surface area contributed by atoms with Gasteiger partial charge in [0.15, 0.2) is 0 Å². The first-order valence-corrected chi connectivity index (χ1v) is 7.69. The molecule has 0 bridgehead atoms. The zero-order valence-electron chi connectivity index (χ0n) is 17.3.